The molecule has 108 valence electrons. The number of hydrogen-bond donors (Lipinski definition) is 0. The van der Waals surface area contributed by atoms with E-state index in [0.717, 1.165) is 22.4 Å². The van der Waals surface area contributed by atoms with Crippen LogP contribution in [0.1, 0.15) is 11.1 Å². The molecule has 22 heavy (non-hydrogen) atoms. The lowest BCUT2D eigenvalue weighted by Crippen LogP contribution is -2.03. The predicted molar refractivity (Wildman–Crippen MR) is 94.0 cm³/mol. The maximum Gasteiger partial charge on any atom is 0.132 e. The number of hydrogen-bond acceptors (Lipinski definition) is 2. The SMILES string of the molecule is Brc1ccc(Sc2cccc3c2Cc2ccccc2O3)cc1. The molecule has 0 unspecified atom stereocenters. The van der Waals surface area contributed by atoms with Crippen molar-refractivity contribution in [2.45, 2.75) is 16.2 Å². The fourth-order valence-electron chi connectivity index (χ4n) is 2.60. The Kier molecular flexibility index (Phi) is 3.68. The van der Waals surface area contributed by atoms with E-state index >= 15 is 0 Å². The van der Waals surface area contributed by atoms with E-state index in [4.69, 9.17) is 4.74 Å². The van der Waals surface area contributed by atoms with Crippen molar-refractivity contribution in [3.05, 3.63) is 82.3 Å². The number of fused-ring (bicyclic) bond motifs is 2. The molecule has 0 spiro atoms. The van der Waals surface area contributed by atoms with Gasteiger partial charge in [0.05, 0.1) is 0 Å². The Morgan fingerprint density at radius 2 is 1.59 bits per heavy atom. The van der Waals surface area contributed by atoms with E-state index in [9.17, 15) is 0 Å². The van der Waals surface area contributed by atoms with Crippen LogP contribution in [0.15, 0.2) is 81.0 Å². The summed E-state index contributed by atoms with van der Waals surface area (Å²) in [6.07, 6.45) is 0.922. The van der Waals surface area contributed by atoms with Crippen LogP contribution in [0.2, 0.25) is 0 Å². The second-order valence-corrected chi connectivity index (χ2v) is 7.21. The maximum atomic E-state index is 6.05. The third-order valence-corrected chi connectivity index (χ3v) is 5.33. The van der Waals surface area contributed by atoms with Crippen LogP contribution < -0.4 is 4.74 Å². The molecule has 1 aliphatic heterocycles. The standard InChI is InChI=1S/C19H13BrOS/c20-14-8-10-15(11-9-14)22-19-7-3-6-18-16(19)12-13-4-1-2-5-17(13)21-18/h1-11H,12H2. The van der Waals surface area contributed by atoms with Crippen LogP contribution in [0.5, 0.6) is 11.5 Å². The molecule has 1 heterocycles. The zero-order valence-electron chi connectivity index (χ0n) is 11.8. The van der Waals surface area contributed by atoms with Gasteiger partial charge in [-0.2, -0.15) is 0 Å². The maximum absolute atomic E-state index is 6.05. The van der Waals surface area contributed by atoms with E-state index in [-0.39, 0.29) is 0 Å². The summed E-state index contributed by atoms with van der Waals surface area (Å²) in [6.45, 7) is 0. The van der Waals surface area contributed by atoms with E-state index in [1.165, 1.54) is 20.9 Å². The van der Waals surface area contributed by atoms with Crippen molar-refractivity contribution in [3.8, 4) is 11.5 Å². The Morgan fingerprint density at radius 3 is 2.45 bits per heavy atom. The first-order valence-corrected chi connectivity index (χ1v) is 8.71. The molecule has 0 aliphatic carbocycles. The fourth-order valence-corrected chi connectivity index (χ4v) is 3.83. The summed E-state index contributed by atoms with van der Waals surface area (Å²) < 4.78 is 7.16. The molecule has 0 saturated heterocycles. The van der Waals surface area contributed by atoms with Gasteiger partial charge in [0, 0.05) is 26.2 Å². The Morgan fingerprint density at radius 1 is 0.818 bits per heavy atom. The highest BCUT2D eigenvalue weighted by atomic mass is 79.9. The lowest BCUT2D eigenvalue weighted by atomic mass is 10.0. The van der Waals surface area contributed by atoms with Crippen LogP contribution in [0.25, 0.3) is 0 Å². The van der Waals surface area contributed by atoms with Gasteiger partial charge in [0.1, 0.15) is 11.5 Å². The van der Waals surface area contributed by atoms with E-state index in [1.807, 2.05) is 12.1 Å². The smallest absolute Gasteiger partial charge is 0.132 e. The summed E-state index contributed by atoms with van der Waals surface area (Å²) in [5, 5.41) is 0. The van der Waals surface area contributed by atoms with E-state index < -0.39 is 0 Å². The van der Waals surface area contributed by atoms with Crippen molar-refractivity contribution < 1.29 is 4.74 Å². The second kappa shape index (κ2) is 5.82. The Bertz CT molecular complexity index is 827. The van der Waals surface area contributed by atoms with Gasteiger partial charge < -0.3 is 4.74 Å². The number of halogens is 1. The molecule has 0 saturated carbocycles. The zero-order chi connectivity index (χ0) is 14.9. The van der Waals surface area contributed by atoms with Crippen LogP contribution in [0.4, 0.5) is 0 Å². The van der Waals surface area contributed by atoms with Crippen LogP contribution in [-0.2, 0) is 6.42 Å². The molecule has 0 fully saturated rings. The minimum absolute atomic E-state index is 0.922. The van der Waals surface area contributed by atoms with Gasteiger partial charge in [0.25, 0.3) is 0 Å². The number of benzene rings is 3. The predicted octanol–water partition coefficient (Wildman–Crippen LogP) is 6.30. The van der Waals surface area contributed by atoms with Crippen molar-refractivity contribution in [2.75, 3.05) is 0 Å². The van der Waals surface area contributed by atoms with E-state index in [0.29, 0.717) is 0 Å². The summed E-state index contributed by atoms with van der Waals surface area (Å²) in [6, 6.07) is 23.0. The third kappa shape index (κ3) is 2.67. The van der Waals surface area contributed by atoms with Crippen molar-refractivity contribution in [2.24, 2.45) is 0 Å². The molecular formula is C19H13BrOS. The molecule has 3 heteroatoms. The highest BCUT2D eigenvalue weighted by Crippen LogP contribution is 2.42. The zero-order valence-corrected chi connectivity index (χ0v) is 14.2. The summed E-state index contributed by atoms with van der Waals surface area (Å²) in [4.78, 5) is 2.49. The van der Waals surface area contributed by atoms with Crippen molar-refractivity contribution in [1.29, 1.82) is 0 Å². The van der Waals surface area contributed by atoms with Gasteiger partial charge in [-0.3, -0.25) is 0 Å². The molecule has 0 N–H and O–H groups in total. The summed E-state index contributed by atoms with van der Waals surface area (Å²) in [5.41, 5.74) is 2.52. The van der Waals surface area contributed by atoms with Gasteiger partial charge in [0.2, 0.25) is 0 Å². The Hall–Kier alpha value is -1.71. The average molecular weight is 369 g/mol. The minimum atomic E-state index is 0.922. The topological polar surface area (TPSA) is 9.23 Å². The molecule has 1 aliphatic rings. The molecule has 0 aromatic heterocycles. The number of rotatable bonds is 2. The van der Waals surface area contributed by atoms with E-state index in [2.05, 4.69) is 70.5 Å². The highest BCUT2D eigenvalue weighted by Gasteiger charge is 2.19. The molecule has 0 radical (unpaired) electrons. The largest absolute Gasteiger partial charge is 0.457 e. The van der Waals surface area contributed by atoms with Gasteiger partial charge in [-0.1, -0.05) is 52.0 Å². The van der Waals surface area contributed by atoms with Gasteiger partial charge >= 0.3 is 0 Å². The normalized spacial score (nSPS) is 12.2. The summed E-state index contributed by atoms with van der Waals surface area (Å²) in [5.74, 6) is 1.95. The quantitative estimate of drug-likeness (QED) is 0.410. The lowest BCUT2D eigenvalue weighted by Gasteiger charge is -2.22. The molecule has 0 bridgehead atoms. The first-order valence-electron chi connectivity index (χ1n) is 7.11. The Balaban J connectivity index is 1.70. The molecule has 0 amide bonds. The lowest BCUT2D eigenvalue weighted by molar-refractivity contribution is 0.457. The molecule has 3 aromatic carbocycles. The highest BCUT2D eigenvalue weighted by molar-refractivity contribution is 9.10. The molecule has 0 atom stereocenters. The second-order valence-electron chi connectivity index (χ2n) is 5.18. The monoisotopic (exact) mass is 368 g/mol. The fraction of sp³-hybridized carbons (Fsp3) is 0.0526. The first kappa shape index (κ1) is 13.9. The minimum Gasteiger partial charge on any atom is -0.457 e. The molecular weight excluding hydrogens is 356 g/mol. The van der Waals surface area contributed by atoms with Gasteiger partial charge in [0.15, 0.2) is 0 Å². The van der Waals surface area contributed by atoms with Crippen LogP contribution >= 0.6 is 27.7 Å². The molecule has 1 nitrogen and oxygen atoms in total. The van der Waals surface area contributed by atoms with Crippen LogP contribution in [0.3, 0.4) is 0 Å². The van der Waals surface area contributed by atoms with Crippen LogP contribution in [0, 0.1) is 0 Å². The number of ether oxygens (including phenoxy) is 1. The summed E-state index contributed by atoms with van der Waals surface area (Å²) in [7, 11) is 0. The third-order valence-electron chi connectivity index (χ3n) is 3.69. The van der Waals surface area contributed by atoms with Crippen molar-refractivity contribution in [1.82, 2.24) is 0 Å². The molecule has 3 aromatic rings. The summed E-state index contributed by atoms with van der Waals surface area (Å²) >= 11 is 5.26. The first-order chi connectivity index (χ1) is 10.8. The molecule has 4 rings (SSSR count). The number of para-hydroxylation sites is 1. The van der Waals surface area contributed by atoms with Crippen molar-refractivity contribution >= 4 is 27.7 Å². The van der Waals surface area contributed by atoms with Crippen molar-refractivity contribution in [3.63, 3.8) is 0 Å². The van der Waals surface area contributed by atoms with Gasteiger partial charge in [-0.25, -0.2) is 0 Å². The Labute approximate surface area is 142 Å². The van der Waals surface area contributed by atoms with E-state index in [1.54, 1.807) is 11.8 Å². The van der Waals surface area contributed by atoms with Gasteiger partial charge in [-0.15, -0.1) is 0 Å². The van der Waals surface area contributed by atoms with Crippen LogP contribution in [-0.4, -0.2) is 0 Å². The average Bonchev–Trinajstić information content (AvgIpc) is 2.55. The van der Waals surface area contributed by atoms with Gasteiger partial charge in [-0.05, 0) is 48.0 Å².